The van der Waals surface area contributed by atoms with Gasteiger partial charge in [-0.05, 0) is 19.3 Å². The van der Waals surface area contributed by atoms with Crippen molar-refractivity contribution in [2.45, 2.75) is 39.0 Å². The Morgan fingerprint density at radius 2 is 2.16 bits per heavy atom. The second kappa shape index (κ2) is 6.94. The molecule has 1 saturated carbocycles. The van der Waals surface area contributed by atoms with Gasteiger partial charge >= 0.3 is 0 Å². The van der Waals surface area contributed by atoms with Gasteiger partial charge in [-0.2, -0.15) is 0 Å². The zero-order valence-electron chi connectivity index (χ0n) is 11.5. The molecule has 0 atom stereocenters. The third-order valence-electron chi connectivity index (χ3n) is 3.69. The summed E-state index contributed by atoms with van der Waals surface area (Å²) in [6.45, 7) is 3.63. The molecule has 4 nitrogen and oxygen atoms in total. The Morgan fingerprint density at radius 3 is 2.84 bits per heavy atom. The van der Waals surface area contributed by atoms with Crippen LogP contribution < -0.4 is 10.1 Å². The SMILES string of the molecule is CCCOc1cc(NCC2(CCl)CCCC2)ncn1. The van der Waals surface area contributed by atoms with E-state index in [0.29, 0.717) is 18.4 Å². The Hall–Kier alpha value is -1.03. The third kappa shape index (κ3) is 3.96. The van der Waals surface area contributed by atoms with Crippen LogP contribution in [0.15, 0.2) is 12.4 Å². The zero-order chi connectivity index (χ0) is 13.6. The number of alkyl halides is 1. The molecule has 1 heterocycles. The highest BCUT2D eigenvalue weighted by atomic mass is 35.5. The molecule has 1 N–H and O–H groups in total. The molecule has 0 saturated heterocycles. The van der Waals surface area contributed by atoms with Gasteiger partial charge in [-0.15, -0.1) is 11.6 Å². The van der Waals surface area contributed by atoms with Gasteiger partial charge in [0.2, 0.25) is 5.88 Å². The molecule has 0 amide bonds. The van der Waals surface area contributed by atoms with Gasteiger partial charge in [0.1, 0.15) is 12.1 Å². The van der Waals surface area contributed by atoms with Crippen molar-refractivity contribution in [3.63, 3.8) is 0 Å². The van der Waals surface area contributed by atoms with Crippen LogP contribution in [0, 0.1) is 5.41 Å². The summed E-state index contributed by atoms with van der Waals surface area (Å²) in [5, 5.41) is 3.38. The molecule has 5 heteroatoms. The maximum Gasteiger partial charge on any atom is 0.218 e. The van der Waals surface area contributed by atoms with E-state index in [0.717, 1.165) is 18.8 Å². The smallest absolute Gasteiger partial charge is 0.218 e. The molecule has 2 rings (SSSR count). The van der Waals surface area contributed by atoms with Crippen LogP contribution in [0.5, 0.6) is 5.88 Å². The number of nitrogens with zero attached hydrogens (tertiary/aromatic N) is 2. The number of hydrogen-bond donors (Lipinski definition) is 1. The summed E-state index contributed by atoms with van der Waals surface area (Å²) in [5.41, 5.74) is 0.233. The van der Waals surface area contributed by atoms with E-state index in [-0.39, 0.29) is 5.41 Å². The van der Waals surface area contributed by atoms with Gasteiger partial charge in [-0.1, -0.05) is 19.8 Å². The minimum Gasteiger partial charge on any atom is -0.478 e. The van der Waals surface area contributed by atoms with Crippen molar-refractivity contribution in [2.24, 2.45) is 5.41 Å². The average molecular weight is 284 g/mol. The van der Waals surface area contributed by atoms with Gasteiger partial charge in [0.05, 0.1) is 6.61 Å². The second-order valence-corrected chi connectivity index (χ2v) is 5.55. The Morgan fingerprint density at radius 1 is 1.37 bits per heavy atom. The van der Waals surface area contributed by atoms with Crippen molar-refractivity contribution >= 4 is 17.4 Å². The van der Waals surface area contributed by atoms with E-state index in [2.05, 4.69) is 22.2 Å². The van der Waals surface area contributed by atoms with Crippen LogP contribution >= 0.6 is 11.6 Å². The number of rotatable bonds is 7. The van der Waals surface area contributed by atoms with Crippen molar-refractivity contribution in [1.29, 1.82) is 0 Å². The highest BCUT2D eigenvalue weighted by Crippen LogP contribution is 2.39. The molecule has 1 aromatic rings. The minimum atomic E-state index is 0.233. The fourth-order valence-corrected chi connectivity index (χ4v) is 2.84. The first-order chi connectivity index (χ1) is 9.28. The van der Waals surface area contributed by atoms with Gasteiger partial charge in [-0.3, -0.25) is 0 Å². The summed E-state index contributed by atoms with van der Waals surface area (Å²) in [5.74, 6) is 2.16. The largest absolute Gasteiger partial charge is 0.478 e. The quantitative estimate of drug-likeness (QED) is 0.778. The highest BCUT2D eigenvalue weighted by molar-refractivity contribution is 6.18. The van der Waals surface area contributed by atoms with E-state index in [1.54, 1.807) is 0 Å². The van der Waals surface area contributed by atoms with E-state index >= 15 is 0 Å². The molecule has 1 fully saturated rings. The van der Waals surface area contributed by atoms with Crippen LogP contribution in [0.3, 0.4) is 0 Å². The molecule has 0 aromatic carbocycles. The second-order valence-electron chi connectivity index (χ2n) is 5.28. The molecule has 106 valence electrons. The first kappa shape index (κ1) is 14.4. The maximum atomic E-state index is 6.13. The summed E-state index contributed by atoms with van der Waals surface area (Å²) >= 11 is 6.13. The predicted molar refractivity (Wildman–Crippen MR) is 77.9 cm³/mol. The van der Waals surface area contributed by atoms with Crippen LogP contribution in [0.1, 0.15) is 39.0 Å². The lowest BCUT2D eigenvalue weighted by molar-refractivity contribution is 0.304. The maximum absolute atomic E-state index is 6.13. The number of ether oxygens (including phenoxy) is 1. The zero-order valence-corrected chi connectivity index (χ0v) is 12.2. The Bertz CT molecular complexity index is 394. The van der Waals surface area contributed by atoms with Crippen LogP contribution in [0.2, 0.25) is 0 Å². The number of aromatic nitrogens is 2. The fraction of sp³-hybridized carbons (Fsp3) is 0.714. The monoisotopic (exact) mass is 283 g/mol. The normalized spacial score (nSPS) is 17.4. The van der Waals surface area contributed by atoms with Crippen molar-refractivity contribution < 1.29 is 4.74 Å². The van der Waals surface area contributed by atoms with Crippen LogP contribution in [-0.4, -0.2) is 29.0 Å². The first-order valence-corrected chi connectivity index (χ1v) is 7.56. The minimum absolute atomic E-state index is 0.233. The molecule has 0 bridgehead atoms. The fourth-order valence-electron chi connectivity index (χ4n) is 2.48. The van der Waals surface area contributed by atoms with Crippen LogP contribution in [-0.2, 0) is 0 Å². The molecular formula is C14H22ClN3O. The molecule has 19 heavy (non-hydrogen) atoms. The van der Waals surface area contributed by atoms with Gasteiger partial charge in [0.15, 0.2) is 0 Å². The first-order valence-electron chi connectivity index (χ1n) is 7.03. The molecular weight excluding hydrogens is 262 g/mol. The summed E-state index contributed by atoms with van der Waals surface area (Å²) < 4.78 is 5.50. The molecule has 0 spiro atoms. The third-order valence-corrected chi connectivity index (χ3v) is 4.26. The van der Waals surface area contributed by atoms with Gasteiger partial charge < -0.3 is 10.1 Å². The molecule has 1 aliphatic rings. The topological polar surface area (TPSA) is 47.0 Å². The van der Waals surface area contributed by atoms with Gasteiger partial charge in [0, 0.05) is 23.9 Å². The Kier molecular flexibility index (Phi) is 5.25. The van der Waals surface area contributed by atoms with E-state index in [9.17, 15) is 0 Å². The van der Waals surface area contributed by atoms with Crippen molar-refractivity contribution in [1.82, 2.24) is 9.97 Å². The highest BCUT2D eigenvalue weighted by Gasteiger charge is 2.32. The van der Waals surface area contributed by atoms with Gasteiger partial charge in [-0.25, -0.2) is 9.97 Å². The van der Waals surface area contributed by atoms with Crippen LogP contribution in [0.4, 0.5) is 5.82 Å². The average Bonchev–Trinajstić information content (AvgIpc) is 2.93. The number of nitrogens with one attached hydrogen (secondary N) is 1. The molecule has 0 radical (unpaired) electrons. The summed E-state index contributed by atoms with van der Waals surface area (Å²) in [6.07, 6.45) is 7.48. The molecule has 1 aliphatic carbocycles. The molecule has 0 unspecified atom stereocenters. The van der Waals surface area contributed by atoms with E-state index in [1.165, 1.54) is 32.0 Å². The van der Waals surface area contributed by atoms with Crippen LogP contribution in [0.25, 0.3) is 0 Å². The lowest BCUT2D eigenvalue weighted by atomic mass is 9.88. The van der Waals surface area contributed by atoms with Crippen molar-refractivity contribution in [3.05, 3.63) is 12.4 Å². The summed E-state index contributed by atoms with van der Waals surface area (Å²) in [6, 6.07) is 1.85. The molecule has 1 aromatic heterocycles. The summed E-state index contributed by atoms with van der Waals surface area (Å²) in [4.78, 5) is 8.32. The number of anilines is 1. The van der Waals surface area contributed by atoms with E-state index in [4.69, 9.17) is 16.3 Å². The predicted octanol–water partition coefficient (Wildman–Crippen LogP) is 3.48. The standard InChI is InChI=1S/C14H22ClN3O/c1-2-7-19-13-8-12(17-11-18-13)16-10-14(9-15)5-3-4-6-14/h8,11H,2-7,9-10H2,1H3,(H,16,17,18). The number of hydrogen-bond acceptors (Lipinski definition) is 4. The van der Waals surface area contributed by atoms with E-state index < -0.39 is 0 Å². The van der Waals surface area contributed by atoms with Gasteiger partial charge in [0.25, 0.3) is 0 Å². The van der Waals surface area contributed by atoms with E-state index in [1.807, 2.05) is 6.07 Å². The lowest BCUT2D eigenvalue weighted by Gasteiger charge is -2.26. The Labute approximate surface area is 119 Å². The summed E-state index contributed by atoms with van der Waals surface area (Å²) in [7, 11) is 0. The number of halogens is 1. The van der Waals surface area contributed by atoms with Crippen molar-refractivity contribution in [2.75, 3.05) is 24.3 Å². The molecule has 0 aliphatic heterocycles. The lowest BCUT2D eigenvalue weighted by Crippen LogP contribution is -2.28. The Balaban J connectivity index is 1.91. The van der Waals surface area contributed by atoms with Crippen molar-refractivity contribution in [3.8, 4) is 5.88 Å².